The summed E-state index contributed by atoms with van der Waals surface area (Å²) in [7, 11) is 3.91. The summed E-state index contributed by atoms with van der Waals surface area (Å²) in [5, 5.41) is -0.106. The van der Waals surface area contributed by atoms with Crippen LogP contribution in [-0.4, -0.2) is 72.8 Å². The molecule has 2 fully saturated rings. The molecule has 9 nitrogen and oxygen atoms in total. The van der Waals surface area contributed by atoms with Crippen molar-refractivity contribution in [3.8, 4) is 0 Å². The number of carbonyl (C=O) groups is 3. The highest BCUT2D eigenvalue weighted by Gasteiger charge is 2.56. The van der Waals surface area contributed by atoms with E-state index in [1.165, 1.54) is 21.2 Å². The van der Waals surface area contributed by atoms with E-state index in [9.17, 15) is 19.2 Å². The Labute approximate surface area is 240 Å². The summed E-state index contributed by atoms with van der Waals surface area (Å²) in [6, 6.07) is 15.2. The fourth-order valence-electron chi connectivity index (χ4n) is 5.59. The third-order valence-electron chi connectivity index (χ3n) is 7.77. The largest absolute Gasteiger partial charge is 0.378 e. The fraction of sp³-hybridized carbons (Fsp3) is 0.379. The molecule has 2 aromatic carbocycles. The number of thioether (sulfide) groups is 1. The highest BCUT2D eigenvalue weighted by molar-refractivity contribution is 8.00. The van der Waals surface area contributed by atoms with Crippen molar-refractivity contribution in [2.75, 3.05) is 50.2 Å². The topological polar surface area (TPSA) is 92.2 Å². The number of carbonyl (C=O) groups excluding carboxylic acids is 3. The van der Waals surface area contributed by atoms with Crippen LogP contribution in [0.5, 0.6) is 0 Å². The van der Waals surface area contributed by atoms with Gasteiger partial charge in [-0.1, -0.05) is 52.9 Å². The quantitative estimate of drug-likeness (QED) is 0.430. The number of rotatable bonds is 5. The molecule has 1 aromatic heterocycles. The van der Waals surface area contributed by atoms with Crippen LogP contribution < -0.4 is 14.7 Å². The second kappa shape index (κ2) is 10.5. The van der Waals surface area contributed by atoms with Crippen molar-refractivity contribution < 1.29 is 19.1 Å². The van der Waals surface area contributed by atoms with Crippen molar-refractivity contribution in [2.24, 2.45) is 5.92 Å². The monoisotopic (exact) mass is 578 g/mol. The molecular weight excluding hydrogens is 548 g/mol. The standard InChI is InChI=1S/C29H30N4O5S2/c1-17-4-8-20(9-5-17)33-26(35)23-22(18-6-10-19(11-7-18)30(2)3)25-28(39-24(23)27(33)36)32(29(37)40-25)16-21(34)31-12-14-38-15-13-31/h4-11,22-24H,12-16H2,1-3H3. The third-order valence-corrected chi connectivity index (χ3v) is 10.4. The van der Waals surface area contributed by atoms with Gasteiger partial charge in [-0.25, -0.2) is 4.90 Å². The molecule has 0 saturated carbocycles. The maximum Gasteiger partial charge on any atom is 0.308 e. The molecule has 4 heterocycles. The molecule has 0 radical (unpaired) electrons. The molecule has 3 unspecified atom stereocenters. The second-order valence-corrected chi connectivity index (χ2v) is 12.6. The number of thiazole rings is 1. The van der Waals surface area contributed by atoms with Gasteiger partial charge in [-0.2, -0.15) is 0 Å². The summed E-state index contributed by atoms with van der Waals surface area (Å²) >= 11 is 2.31. The minimum Gasteiger partial charge on any atom is -0.378 e. The molecule has 3 amide bonds. The number of aromatic nitrogens is 1. The Morgan fingerprint density at radius 2 is 1.65 bits per heavy atom. The lowest BCUT2D eigenvalue weighted by molar-refractivity contribution is -0.136. The van der Waals surface area contributed by atoms with Crippen LogP contribution in [0.15, 0.2) is 58.4 Å². The molecule has 0 N–H and O–H groups in total. The lowest BCUT2D eigenvalue weighted by atomic mass is 9.83. The smallest absolute Gasteiger partial charge is 0.308 e. The van der Waals surface area contributed by atoms with Crippen LogP contribution in [0.3, 0.4) is 0 Å². The van der Waals surface area contributed by atoms with E-state index in [0.717, 1.165) is 33.0 Å². The molecule has 3 aliphatic heterocycles. The van der Waals surface area contributed by atoms with E-state index in [1.54, 1.807) is 17.0 Å². The molecule has 11 heteroatoms. The van der Waals surface area contributed by atoms with E-state index < -0.39 is 17.1 Å². The number of morpholine rings is 1. The van der Waals surface area contributed by atoms with Crippen LogP contribution in [0.1, 0.15) is 21.9 Å². The maximum atomic E-state index is 14.0. The zero-order chi connectivity index (χ0) is 28.1. The Morgan fingerprint density at radius 1 is 0.975 bits per heavy atom. The van der Waals surface area contributed by atoms with Gasteiger partial charge in [-0.05, 0) is 36.8 Å². The molecule has 0 aliphatic carbocycles. The van der Waals surface area contributed by atoms with E-state index in [2.05, 4.69) is 0 Å². The van der Waals surface area contributed by atoms with Gasteiger partial charge in [0.2, 0.25) is 17.7 Å². The van der Waals surface area contributed by atoms with Crippen molar-refractivity contribution in [1.82, 2.24) is 9.47 Å². The van der Waals surface area contributed by atoms with Crippen LogP contribution in [0.4, 0.5) is 11.4 Å². The van der Waals surface area contributed by atoms with Crippen molar-refractivity contribution in [3.63, 3.8) is 0 Å². The van der Waals surface area contributed by atoms with Gasteiger partial charge in [0.05, 0.1) is 29.8 Å². The van der Waals surface area contributed by atoms with Gasteiger partial charge in [0.15, 0.2) is 0 Å². The van der Waals surface area contributed by atoms with Crippen LogP contribution in [0.2, 0.25) is 0 Å². The molecular formula is C29H30N4O5S2. The summed E-state index contributed by atoms with van der Waals surface area (Å²) in [5.41, 5.74) is 3.44. The minimum absolute atomic E-state index is 0.106. The SMILES string of the molecule is Cc1ccc(N2C(=O)C3Sc4c(sc(=O)n4CC(=O)N4CCOCC4)C(c4ccc(N(C)C)cc4)C3C2=O)cc1. The Kier molecular flexibility index (Phi) is 7.05. The van der Waals surface area contributed by atoms with Crippen LogP contribution in [0, 0.1) is 12.8 Å². The normalized spacial score (nSPS) is 22.3. The number of ether oxygens (including phenoxy) is 1. The van der Waals surface area contributed by atoms with E-state index >= 15 is 0 Å². The summed E-state index contributed by atoms with van der Waals surface area (Å²) in [6.07, 6.45) is 0. The lowest BCUT2D eigenvalue weighted by Gasteiger charge is -2.31. The Bertz CT molecular complexity index is 1520. The maximum absolute atomic E-state index is 14.0. The van der Waals surface area contributed by atoms with Gasteiger partial charge in [0.1, 0.15) is 11.8 Å². The van der Waals surface area contributed by atoms with Crippen molar-refractivity contribution in [1.29, 1.82) is 0 Å². The molecule has 3 atom stereocenters. The molecule has 208 valence electrons. The highest BCUT2D eigenvalue weighted by atomic mass is 32.2. The lowest BCUT2D eigenvalue weighted by Crippen LogP contribution is -2.43. The molecule has 2 saturated heterocycles. The molecule has 40 heavy (non-hydrogen) atoms. The summed E-state index contributed by atoms with van der Waals surface area (Å²) in [5.74, 6) is -1.87. The zero-order valence-corrected chi connectivity index (χ0v) is 24.2. The zero-order valence-electron chi connectivity index (χ0n) is 22.5. The summed E-state index contributed by atoms with van der Waals surface area (Å²) in [6.45, 7) is 3.75. The van der Waals surface area contributed by atoms with Crippen molar-refractivity contribution in [3.05, 3.63) is 74.2 Å². The molecule has 3 aromatic rings. The number of amides is 3. The van der Waals surface area contributed by atoms with Gasteiger partial charge in [-0.15, -0.1) is 0 Å². The second-order valence-electron chi connectivity index (χ2n) is 10.5. The van der Waals surface area contributed by atoms with E-state index in [4.69, 9.17) is 4.74 Å². The first-order chi connectivity index (χ1) is 19.2. The van der Waals surface area contributed by atoms with E-state index in [-0.39, 0.29) is 29.1 Å². The van der Waals surface area contributed by atoms with Crippen molar-refractivity contribution >= 4 is 52.2 Å². The number of imide groups is 1. The number of nitrogens with zero attached hydrogens (tertiary/aromatic N) is 4. The molecule has 6 rings (SSSR count). The number of fused-ring (bicyclic) bond motifs is 2. The first kappa shape index (κ1) is 26.8. The summed E-state index contributed by atoms with van der Waals surface area (Å²) in [4.78, 5) is 59.8. The minimum atomic E-state index is -0.710. The molecule has 0 spiro atoms. The average Bonchev–Trinajstić information content (AvgIpc) is 3.40. The van der Waals surface area contributed by atoms with Crippen molar-refractivity contribution in [2.45, 2.75) is 29.7 Å². The van der Waals surface area contributed by atoms with Gasteiger partial charge >= 0.3 is 4.87 Å². The van der Waals surface area contributed by atoms with Crippen LogP contribution in [0.25, 0.3) is 0 Å². The van der Waals surface area contributed by atoms with E-state index in [1.807, 2.05) is 62.3 Å². The Balaban J connectivity index is 1.43. The fourth-order valence-corrected chi connectivity index (χ4v) is 8.36. The average molecular weight is 579 g/mol. The van der Waals surface area contributed by atoms with Gasteiger partial charge in [-0.3, -0.25) is 23.7 Å². The first-order valence-corrected chi connectivity index (χ1v) is 14.9. The third kappa shape index (κ3) is 4.55. The molecule has 0 bridgehead atoms. The van der Waals surface area contributed by atoms with Gasteiger partial charge < -0.3 is 14.5 Å². The predicted molar refractivity (Wildman–Crippen MR) is 155 cm³/mol. The predicted octanol–water partition coefficient (Wildman–Crippen LogP) is 2.94. The number of hydrogen-bond donors (Lipinski definition) is 0. The van der Waals surface area contributed by atoms with E-state index in [0.29, 0.717) is 37.0 Å². The Morgan fingerprint density at radius 3 is 2.30 bits per heavy atom. The molecule has 3 aliphatic rings. The van der Waals surface area contributed by atoms with Gasteiger partial charge in [0.25, 0.3) is 0 Å². The number of anilines is 2. The van der Waals surface area contributed by atoms with Crippen LogP contribution in [-0.2, 0) is 25.7 Å². The number of benzene rings is 2. The summed E-state index contributed by atoms with van der Waals surface area (Å²) < 4.78 is 6.86. The first-order valence-electron chi connectivity index (χ1n) is 13.2. The van der Waals surface area contributed by atoms with Gasteiger partial charge in [0, 0.05) is 43.7 Å². The number of aryl methyl sites for hydroxylation is 1. The van der Waals surface area contributed by atoms with Crippen LogP contribution >= 0.6 is 23.1 Å². The highest BCUT2D eigenvalue weighted by Crippen LogP contribution is 2.54. The number of hydrogen-bond acceptors (Lipinski definition) is 8. The Hall–Kier alpha value is -3.41.